The molecular formula is C14H9FN2O3. The first-order chi connectivity index (χ1) is 9.58. The van der Waals surface area contributed by atoms with Crippen LogP contribution in [0.3, 0.4) is 0 Å². The Bertz CT molecular complexity index is 695. The second kappa shape index (κ2) is 5.80. The van der Waals surface area contributed by atoms with Gasteiger partial charge in [0.15, 0.2) is 0 Å². The standard InChI is InChI=1S/C14H9FN2O3/c15-12-4-11(5-13(7-12)17(18)19)9-20-14-3-1-2-10(6-14)8-16/h1-7H,9H2. The molecule has 0 atom stereocenters. The van der Waals surface area contributed by atoms with Gasteiger partial charge in [-0.05, 0) is 29.8 Å². The highest BCUT2D eigenvalue weighted by atomic mass is 19.1. The van der Waals surface area contributed by atoms with Crippen molar-refractivity contribution >= 4 is 5.69 Å². The number of nitriles is 1. The van der Waals surface area contributed by atoms with E-state index in [0.29, 0.717) is 16.9 Å². The minimum Gasteiger partial charge on any atom is -0.489 e. The van der Waals surface area contributed by atoms with Crippen molar-refractivity contribution in [3.05, 3.63) is 69.5 Å². The van der Waals surface area contributed by atoms with Crippen LogP contribution in [0.15, 0.2) is 42.5 Å². The van der Waals surface area contributed by atoms with Gasteiger partial charge in [0.25, 0.3) is 5.69 Å². The van der Waals surface area contributed by atoms with Crippen LogP contribution in [0, 0.1) is 27.3 Å². The minimum absolute atomic E-state index is 0.0204. The van der Waals surface area contributed by atoms with E-state index in [1.165, 1.54) is 18.2 Å². The number of nitrogens with zero attached hydrogens (tertiary/aromatic N) is 2. The molecule has 2 rings (SSSR count). The van der Waals surface area contributed by atoms with E-state index in [-0.39, 0.29) is 12.3 Å². The number of hydrogen-bond donors (Lipinski definition) is 0. The third kappa shape index (κ3) is 3.29. The molecule has 0 fully saturated rings. The van der Waals surface area contributed by atoms with Gasteiger partial charge >= 0.3 is 0 Å². The van der Waals surface area contributed by atoms with Crippen molar-refractivity contribution < 1.29 is 14.1 Å². The molecule has 0 radical (unpaired) electrons. The van der Waals surface area contributed by atoms with Crippen molar-refractivity contribution in [3.63, 3.8) is 0 Å². The van der Waals surface area contributed by atoms with Gasteiger partial charge in [0, 0.05) is 6.07 Å². The van der Waals surface area contributed by atoms with Gasteiger partial charge in [-0.15, -0.1) is 0 Å². The van der Waals surface area contributed by atoms with E-state index in [2.05, 4.69) is 0 Å². The van der Waals surface area contributed by atoms with E-state index in [9.17, 15) is 14.5 Å². The van der Waals surface area contributed by atoms with Crippen molar-refractivity contribution in [2.45, 2.75) is 6.61 Å². The van der Waals surface area contributed by atoms with Gasteiger partial charge in [-0.1, -0.05) is 6.07 Å². The summed E-state index contributed by atoms with van der Waals surface area (Å²) in [5, 5.41) is 19.4. The van der Waals surface area contributed by atoms with Crippen molar-refractivity contribution in [1.29, 1.82) is 5.26 Å². The molecule has 0 unspecified atom stereocenters. The number of rotatable bonds is 4. The number of hydrogen-bond acceptors (Lipinski definition) is 4. The molecule has 2 aromatic rings. The third-order valence-corrected chi connectivity index (χ3v) is 2.52. The van der Waals surface area contributed by atoms with Crippen LogP contribution in [0.1, 0.15) is 11.1 Å². The van der Waals surface area contributed by atoms with Gasteiger partial charge in [-0.3, -0.25) is 10.1 Å². The Labute approximate surface area is 114 Å². The maximum Gasteiger partial charge on any atom is 0.272 e. The van der Waals surface area contributed by atoms with Crippen molar-refractivity contribution in [2.24, 2.45) is 0 Å². The lowest BCUT2D eigenvalue weighted by atomic mass is 10.2. The maximum absolute atomic E-state index is 13.2. The highest BCUT2D eigenvalue weighted by Gasteiger charge is 2.10. The van der Waals surface area contributed by atoms with Gasteiger partial charge in [0.05, 0.1) is 22.6 Å². The molecule has 5 nitrogen and oxygen atoms in total. The molecule has 0 saturated heterocycles. The van der Waals surface area contributed by atoms with Gasteiger partial charge in [0.1, 0.15) is 18.2 Å². The van der Waals surface area contributed by atoms with Crippen molar-refractivity contribution in [2.75, 3.05) is 0 Å². The lowest BCUT2D eigenvalue weighted by Crippen LogP contribution is -1.98. The lowest BCUT2D eigenvalue weighted by Gasteiger charge is -2.06. The molecule has 20 heavy (non-hydrogen) atoms. The fraction of sp³-hybridized carbons (Fsp3) is 0.0714. The van der Waals surface area contributed by atoms with Crippen LogP contribution in [0.5, 0.6) is 5.75 Å². The average molecular weight is 272 g/mol. The van der Waals surface area contributed by atoms with Crippen molar-refractivity contribution in [3.8, 4) is 11.8 Å². The minimum atomic E-state index is -0.691. The monoisotopic (exact) mass is 272 g/mol. The second-order valence-electron chi connectivity index (χ2n) is 4.00. The summed E-state index contributed by atoms with van der Waals surface area (Å²) < 4.78 is 18.6. The van der Waals surface area contributed by atoms with Gasteiger partial charge < -0.3 is 4.74 Å². The molecule has 2 aromatic carbocycles. The van der Waals surface area contributed by atoms with E-state index in [0.717, 1.165) is 6.07 Å². The van der Waals surface area contributed by atoms with Crippen LogP contribution >= 0.6 is 0 Å². The Morgan fingerprint density at radius 3 is 2.80 bits per heavy atom. The molecule has 0 aliphatic rings. The smallest absolute Gasteiger partial charge is 0.272 e. The molecule has 0 aliphatic heterocycles. The second-order valence-corrected chi connectivity index (χ2v) is 4.00. The molecule has 0 spiro atoms. The van der Waals surface area contributed by atoms with Gasteiger partial charge in [0.2, 0.25) is 0 Å². The number of ether oxygens (including phenoxy) is 1. The summed E-state index contributed by atoms with van der Waals surface area (Å²) in [6, 6.07) is 11.7. The van der Waals surface area contributed by atoms with Crippen LogP contribution in [-0.4, -0.2) is 4.92 Å². The predicted octanol–water partition coefficient (Wildman–Crippen LogP) is 3.18. The molecule has 6 heteroatoms. The summed E-state index contributed by atoms with van der Waals surface area (Å²) in [6.45, 7) is -0.0204. The van der Waals surface area contributed by atoms with Crippen LogP contribution < -0.4 is 4.74 Å². The number of halogens is 1. The highest BCUT2D eigenvalue weighted by Crippen LogP contribution is 2.19. The molecule has 0 aliphatic carbocycles. The first-order valence-electron chi connectivity index (χ1n) is 5.65. The summed E-state index contributed by atoms with van der Waals surface area (Å²) in [7, 11) is 0. The van der Waals surface area contributed by atoms with Crippen LogP contribution in [0.4, 0.5) is 10.1 Å². The third-order valence-electron chi connectivity index (χ3n) is 2.52. The summed E-state index contributed by atoms with van der Waals surface area (Å²) in [5.41, 5.74) is 0.459. The SMILES string of the molecule is N#Cc1cccc(OCc2cc(F)cc([N+](=O)[O-])c2)c1. The number of nitro groups is 1. The number of nitro benzene ring substituents is 1. The zero-order valence-corrected chi connectivity index (χ0v) is 10.2. The highest BCUT2D eigenvalue weighted by molar-refractivity contribution is 5.37. The topological polar surface area (TPSA) is 76.2 Å². The fourth-order valence-electron chi connectivity index (χ4n) is 1.64. The molecule has 0 heterocycles. The molecular weight excluding hydrogens is 263 g/mol. The Morgan fingerprint density at radius 1 is 1.30 bits per heavy atom. The Balaban J connectivity index is 2.14. The Kier molecular flexibility index (Phi) is 3.91. The largest absolute Gasteiger partial charge is 0.489 e. The van der Waals surface area contributed by atoms with E-state index in [4.69, 9.17) is 10.00 Å². The van der Waals surface area contributed by atoms with E-state index >= 15 is 0 Å². The predicted molar refractivity (Wildman–Crippen MR) is 68.5 cm³/mol. The lowest BCUT2D eigenvalue weighted by molar-refractivity contribution is -0.385. The molecule has 0 aromatic heterocycles. The summed E-state index contributed by atoms with van der Waals surface area (Å²) >= 11 is 0. The van der Waals surface area contributed by atoms with E-state index in [1.54, 1.807) is 18.2 Å². The first-order valence-corrected chi connectivity index (χ1v) is 5.65. The van der Waals surface area contributed by atoms with Crippen molar-refractivity contribution in [1.82, 2.24) is 0 Å². The summed E-state index contributed by atoms with van der Waals surface area (Å²) in [6.07, 6.45) is 0. The fourth-order valence-corrected chi connectivity index (χ4v) is 1.64. The summed E-state index contributed by atoms with van der Waals surface area (Å²) in [4.78, 5) is 9.96. The van der Waals surface area contributed by atoms with E-state index in [1.807, 2.05) is 6.07 Å². The number of non-ortho nitro benzene ring substituents is 1. The Morgan fingerprint density at radius 2 is 2.10 bits per heavy atom. The normalized spacial score (nSPS) is 9.80. The molecule has 100 valence electrons. The van der Waals surface area contributed by atoms with Crippen LogP contribution in [0.2, 0.25) is 0 Å². The molecule has 0 bridgehead atoms. The summed E-state index contributed by atoms with van der Waals surface area (Å²) in [5.74, 6) is -0.250. The van der Waals surface area contributed by atoms with Crippen LogP contribution in [0.25, 0.3) is 0 Å². The first kappa shape index (κ1) is 13.5. The number of benzene rings is 2. The zero-order chi connectivity index (χ0) is 14.5. The van der Waals surface area contributed by atoms with Gasteiger partial charge in [-0.2, -0.15) is 5.26 Å². The van der Waals surface area contributed by atoms with Crippen LogP contribution in [-0.2, 0) is 6.61 Å². The van der Waals surface area contributed by atoms with Gasteiger partial charge in [-0.25, -0.2) is 4.39 Å². The van der Waals surface area contributed by atoms with E-state index < -0.39 is 10.7 Å². The molecule has 0 amide bonds. The zero-order valence-electron chi connectivity index (χ0n) is 10.2. The maximum atomic E-state index is 13.2. The Hall–Kier alpha value is -2.94. The average Bonchev–Trinajstić information content (AvgIpc) is 2.44. The molecule has 0 saturated carbocycles. The quantitative estimate of drug-likeness (QED) is 0.632. The molecule has 0 N–H and O–H groups in total.